The molecule has 0 radical (unpaired) electrons. The summed E-state index contributed by atoms with van der Waals surface area (Å²) in [6.07, 6.45) is 8.50. The molecule has 0 amide bonds. The van der Waals surface area contributed by atoms with Gasteiger partial charge in [-0.05, 0) is 46.0 Å². The number of hydrogen-bond donors (Lipinski definition) is 0. The van der Waals surface area contributed by atoms with Gasteiger partial charge in [0.05, 0.1) is 6.61 Å². The second kappa shape index (κ2) is 6.58. The van der Waals surface area contributed by atoms with Crippen LogP contribution in [-0.4, -0.2) is 18.4 Å². The average molecular weight is 238 g/mol. The fraction of sp³-hybridized carbons (Fsp3) is 0.714. The van der Waals surface area contributed by atoms with E-state index in [0.717, 1.165) is 19.3 Å². The van der Waals surface area contributed by atoms with Crippen LogP contribution in [0.4, 0.5) is 0 Å². The summed E-state index contributed by atoms with van der Waals surface area (Å²) in [6, 6.07) is 0. The highest BCUT2D eigenvalue weighted by atomic mass is 16.5. The first-order valence-electron chi connectivity index (χ1n) is 6.49. The Kier molecular flexibility index (Phi) is 5.39. The van der Waals surface area contributed by atoms with E-state index in [-0.39, 0.29) is 11.8 Å². The average Bonchev–Trinajstić information content (AvgIpc) is 2.68. The maximum absolute atomic E-state index is 12.0. The van der Waals surface area contributed by atoms with Gasteiger partial charge in [0.2, 0.25) is 0 Å². The van der Waals surface area contributed by atoms with Gasteiger partial charge in [-0.25, -0.2) is 0 Å². The van der Waals surface area contributed by atoms with Gasteiger partial charge in [0, 0.05) is 6.42 Å². The Labute approximate surface area is 103 Å². The molecule has 1 unspecified atom stereocenters. The van der Waals surface area contributed by atoms with Crippen molar-refractivity contribution in [2.75, 3.05) is 6.61 Å². The quantitative estimate of drug-likeness (QED) is 0.309. The fourth-order valence-electron chi connectivity index (χ4n) is 2.47. The fourth-order valence-corrected chi connectivity index (χ4v) is 2.47. The largest absolute Gasteiger partial charge is 0.465 e. The molecule has 0 N–H and O–H groups in total. The van der Waals surface area contributed by atoms with Gasteiger partial charge in [-0.15, -0.1) is 0 Å². The van der Waals surface area contributed by atoms with E-state index in [1.54, 1.807) is 6.92 Å². The molecule has 0 bridgehead atoms. The van der Waals surface area contributed by atoms with E-state index in [1.807, 2.05) is 13.0 Å². The van der Waals surface area contributed by atoms with E-state index < -0.39 is 5.41 Å². The zero-order chi connectivity index (χ0) is 12.7. The second-order valence-electron chi connectivity index (χ2n) is 4.54. The van der Waals surface area contributed by atoms with E-state index >= 15 is 0 Å². The molecule has 17 heavy (non-hydrogen) atoms. The van der Waals surface area contributed by atoms with Crippen LogP contribution in [0.25, 0.3) is 0 Å². The predicted octanol–water partition coefficient (Wildman–Crippen LogP) is 3.04. The molecule has 0 aromatic heterocycles. The molecule has 3 heteroatoms. The highest BCUT2D eigenvalue weighted by Gasteiger charge is 2.48. The first-order valence-corrected chi connectivity index (χ1v) is 6.49. The highest BCUT2D eigenvalue weighted by Crippen LogP contribution is 2.40. The minimum absolute atomic E-state index is 0.0800. The number of esters is 1. The summed E-state index contributed by atoms with van der Waals surface area (Å²) in [5.41, 5.74) is -0.822. The summed E-state index contributed by atoms with van der Waals surface area (Å²) in [7, 11) is 0. The van der Waals surface area contributed by atoms with Crippen LogP contribution in [-0.2, 0) is 14.3 Å². The number of ketones is 1. The lowest BCUT2D eigenvalue weighted by atomic mass is 9.80. The summed E-state index contributed by atoms with van der Waals surface area (Å²) in [6.45, 7) is 4.11. The monoisotopic (exact) mass is 238 g/mol. The van der Waals surface area contributed by atoms with E-state index in [1.165, 1.54) is 0 Å². The maximum atomic E-state index is 12.0. The first kappa shape index (κ1) is 13.9. The number of hydrogen-bond acceptors (Lipinski definition) is 3. The molecule has 1 atom stereocenters. The summed E-state index contributed by atoms with van der Waals surface area (Å²) in [5, 5.41) is 0. The molecule has 0 spiro atoms. The van der Waals surface area contributed by atoms with Gasteiger partial charge in [0.1, 0.15) is 11.2 Å². The van der Waals surface area contributed by atoms with Crippen molar-refractivity contribution >= 4 is 11.8 Å². The normalized spacial score (nSPS) is 24.5. The van der Waals surface area contributed by atoms with Crippen molar-refractivity contribution in [2.45, 2.75) is 52.4 Å². The molecule has 3 nitrogen and oxygen atoms in total. The van der Waals surface area contributed by atoms with Crippen LogP contribution >= 0.6 is 0 Å². The molecule has 1 saturated carbocycles. The zero-order valence-corrected chi connectivity index (χ0v) is 10.8. The van der Waals surface area contributed by atoms with Crippen LogP contribution in [0.3, 0.4) is 0 Å². The summed E-state index contributed by atoms with van der Waals surface area (Å²) < 4.78 is 5.08. The van der Waals surface area contributed by atoms with Gasteiger partial charge in [-0.3, -0.25) is 9.59 Å². The Balaban J connectivity index is 2.66. The predicted molar refractivity (Wildman–Crippen MR) is 66.6 cm³/mol. The molecule has 0 aromatic carbocycles. The number of allylic oxidation sites excluding steroid dienone is 2. The van der Waals surface area contributed by atoms with Crippen LogP contribution < -0.4 is 0 Å². The Morgan fingerprint density at radius 2 is 2.29 bits per heavy atom. The van der Waals surface area contributed by atoms with Crippen molar-refractivity contribution in [3.8, 4) is 0 Å². The summed E-state index contributed by atoms with van der Waals surface area (Å²) >= 11 is 0. The van der Waals surface area contributed by atoms with Gasteiger partial charge < -0.3 is 4.74 Å². The number of carbonyl (C=O) groups excluding carboxylic acids is 2. The van der Waals surface area contributed by atoms with Crippen molar-refractivity contribution < 1.29 is 14.3 Å². The van der Waals surface area contributed by atoms with Crippen molar-refractivity contribution in [3.05, 3.63) is 12.2 Å². The number of carbonyl (C=O) groups is 2. The summed E-state index contributed by atoms with van der Waals surface area (Å²) in [5.74, 6) is -0.223. The molecule has 0 aliphatic heterocycles. The van der Waals surface area contributed by atoms with Crippen LogP contribution in [0.2, 0.25) is 0 Å². The van der Waals surface area contributed by atoms with Crippen LogP contribution in [0, 0.1) is 5.41 Å². The Bertz CT molecular complexity index is 307. The first-order chi connectivity index (χ1) is 8.17. The smallest absolute Gasteiger partial charge is 0.319 e. The number of Topliss-reactive ketones (excluding diaryl/α,β-unsaturated/α-hetero) is 1. The molecule has 1 aliphatic rings. The third-order valence-corrected chi connectivity index (χ3v) is 3.42. The molecule has 1 aliphatic carbocycles. The minimum atomic E-state index is -0.822. The third kappa shape index (κ3) is 3.18. The van der Waals surface area contributed by atoms with Gasteiger partial charge in [0.15, 0.2) is 0 Å². The number of rotatable bonds is 6. The Morgan fingerprint density at radius 3 is 2.82 bits per heavy atom. The lowest BCUT2D eigenvalue weighted by Gasteiger charge is -2.24. The molecule has 96 valence electrons. The number of unbranched alkanes of at least 4 members (excludes halogenated alkanes) is 1. The molecular formula is C14H22O3. The van der Waals surface area contributed by atoms with Crippen molar-refractivity contribution in [1.82, 2.24) is 0 Å². The highest BCUT2D eigenvalue weighted by molar-refractivity contribution is 6.05. The van der Waals surface area contributed by atoms with Gasteiger partial charge in [0.25, 0.3) is 0 Å². The SMILES string of the molecule is C/C=C\CCCC1(C(=O)OCC)CCCC1=O. The van der Waals surface area contributed by atoms with Crippen LogP contribution in [0.15, 0.2) is 12.2 Å². The molecule has 0 aromatic rings. The van der Waals surface area contributed by atoms with E-state index in [4.69, 9.17) is 4.74 Å². The Morgan fingerprint density at radius 1 is 1.53 bits per heavy atom. The minimum Gasteiger partial charge on any atom is -0.465 e. The second-order valence-corrected chi connectivity index (χ2v) is 4.54. The van der Waals surface area contributed by atoms with Crippen molar-refractivity contribution in [1.29, 1.82) is 0 Å². The lowest BCUT2D eigenvalue weighted by molar-refractivity contribution is -0.159. The van der Waals surface area contributed by atoms with E-state index in [9.17, 15) is 9.59 Å². The van der Waals surface area contributed by atoms with Gasteiger partial charge in [-0.1, -0.05) is 12.2 Å². The third-order valence-electron chi connectivity index (χ3n) is 3.42. The molecule has 0 heterocycles. The topological polar surface area (TPSA) is 43.4 Å². The van der Waals surface area contributed by atoms with Crippen molar-refractivity contribution in [3.63, 3.8) is 0 Å². The zero-order valence-electron chi connectivity index (χ0n) is 10.8. The standard InChI is InChI=1S/C14H22O3/c1-3-5-6-7-10-14(13(16)17-4-2)11-8-9-12(14)15/h3,5H,4,6-11H2,1-2H3/b5-3-. The molecule has 1 fully saturated rings. The van der Waals surface area contributed by atoms with Gasteiger partial charge >= 0.3 is 5.97 Å². The van der Waals surface area contributed by atoms with E-state index in [2.05, 4.69) is 6.08 Å². The maximum Gasteiger partial charge on any atom is 0.319 e. The van der Waals surface area contributed by atoms with Gasteiger partial charge in [-0.2, -0.15) is 0 Å². The summed E-state index contributed by atoms with van der Waals surface area (Å²) in [4.78, 5) is 23.9. The van der Waals surface area contributed by atoms with Crippen molar-refractivity contribution in [2.24, 2.45) is 5.41 Å². The number of ether oxygens (including phenoxy) is 1. The Hall–Kier alpha value is -1.12. The molecule has 1 rings (SSSR count). The van der Waals surface area contributed by atoms with E-state index in [0.29, 0.717) is 25.9 Å². The van der Waals surface area contributed by atoms with Crippen LogP contribution in [0.1, 0.15) is 52.4 Å². The molecule has 0 saturated heterocycles. The lowest BCUT2D eigenvalue weighted by Crippen LogP contribution is -2.36. The van der Waals surface area contributed by atoms with Crippen LogP contribution in [0.5, 0.6) is 0 Å². The molecular weight excluding hydrogens is 216 g/mol.